The molecule has 0 unspecified atom stereocenters. The van der Waals surface area contributed by atoms with Crippen LogP contribution in [0.15, 0.2) is 59.4 Å². The topological polar surface area (TPSA) is 84.0 Å². The zero-order valence-corrected chi connectivity index (χ0v) is 18.2. The van der Waals surface area contributed by atoms with Crippen LogP contribution in [-0.4, -0.2) is 38.6 Å². The summed E-state index contributed by atoms with van der Waals surface area (Å²) in [7, 11) is 1.67. The van der Waals surface area contributed by atoms with E-state index < -0.39 is 0 Å². The number of methoxy groups -OCH3 is 1. The van der Waals surface area contributed by atoms with Crippen molar-refractivity contribution in [3.8, 4) is 6.07 Å². The molecule has 2 heterocycles. The lowest BCUT2D eigenvalue weighted by atomic mass is 10.2. The minimum absolute atomic E-state index is 0.00639. The van der Waals surface area contributed by atoms with Crippen LogP contribution in [0.3, 0.4) is 0 Å². The van der Waals surface area contributed by atoms with E-state index in [1.54, 1.807) is 7.11 Å². The number of imidazole rings is 1. The van der Waals surface area contributed by atoms with E-state index in [2.05, 4.69) is 15.6 Å². The van der Waals surface area contributed by atoms with Crippen LogP contribution in [-0.2, 0) is 11.3 Å². The summed E-state index contributed by atoms with van der Waals surface area (Å²) in [6, 6.07) is 17.7. The molecule has 0 aliphatic rings. The van der Waals surface area contributed by atoms with Crippen molar-refractivity contribution in [3.63, 3.8) is 0 Å². The second-order valence-electron chi connectivity index (χ2n) is 6.65. The summed E-state index contributed by atoms with van der Waals surface area (Å²) < 4.78 is 8.31. The Balaban J connectivity index is 1.68. The number of nitriles is 1. The molecular formula is C22H20N4O2S2. The van der Waals surface area contributed by atoms with Crippen molar-refractivity contribution in [2.45, 2.75) is 23.9 Å². The van der Waals surface area contributed by atoms with Crippen molar-refractivity contribution < 1.29 is 9.84 Å². The maximum Gasteiger partial charge on any atom is 0.169 e. The van der Waals surface area contributed by atoms with E-state index in [9.17, 15) is 10.4 Å². The van der Waals surface area contributed by atoms with E-state index >= 15 is 0 Å². The molecule has 0 fully saturated rings. The first-order valence-corrected chi connectivity index (χ1v) is 11.1. The van der Waals surface area contributed by atoms with Crippen molar-refractivity contribution in [1.29, 1.82) is 5.26 Å². The third kappa shape index (κ3) is 3.92. The quantitative estimate of drug-likeness (QED) is 0.241. The van der Waals surface area contributed by atoms with E-state index in [0.717, 1.165) is 26.4 Å². The smallest absolute Gasteiger partial charge is 0.169 e. The van der Waals surface area contributed by atoms with Crippen LogP contribution in [0.5, 0.6) is 0 Å². The van der Waals surface area contributed by atoms with Gasteiger partial charge in [0.15, 0.2) is 5.16 Å². The summed E-state index contributed by atoms with van der Waals surface area (Å²) >= 11 is 2.82. The first-order chi connectivity index (χ1) is 14.6. The molecule has 0 saturated heterocycles. The molecule has 4 rings (SSSR count). The van der Waals surface area contributed by atoms with Gasteiger partial charge in [-0.05, 0) is 31.2 Å². The number of fused-ring (bicyclic) bond motifs is 2. The first kappa shape index (κ1) is 20.4. The molecule has 0 aliphatic heterocycles. The van der Waals surface area contributed by atoms with E-state index in [1.807, 2.05) is 55.5 Å². The Kier molecular flexibility index (Phi) is 6.04. The van der Waals surface area contributed by atoms with Crippen LogP contribution in [0.2, 0.25) is 0 Å². The fraction of sp³-hybridized carbons (Fsp3) is 0.227. The van der Waals surface area contributed by atoms with Crippen molar-refractivity contribution >= 4 is 49.9 Å². The van der Waals surface area contributed by atoms with Gasteiger partial charge < -0.3 is 14.4 Å². The summed E-state index contributed by atoms with van der Waals surface area (Å²) in [5.74, 6) is 0.00639. The highest BCUT2D eigenvalue weighted by Gasteiger charge is 2.22. The molecule has 0 spiro atoms. The number of hydrogen-bond acceptors (Lipinski definition) is 7. The first-order valence-electron chi connectivity index (χ1n) is 9.42. The Bertz CT molecular complexity index is 1240. The molecule has 0 radical (unpaired) electrons. The molecule has 30 heavy (non-hydrogen) atoms. The monoisotopic (exact) mass is 436 g/mol. The van der Waals surface area contributed by atoms with Crippen LogP contribution in [0, 0.1) is 11.3 Å². The number of aliphatic hydroxyl groups excluding tert-OH is 1. The van der Waals surface area contributed by atoms with E-state index in [-0.39, 0.29) is 16.6 Å². The van der Waals surface area contributed by atoms with Crippen LogP contribution in [0.1, 0.15) is 11.9 Å². The minimum Gasteiger partial charge on any atom is -0.510 e. The van der Waals surface area contributed by atoms with Crippen molar-refractivity contribution in [1.82, 2.24) is 14.5 Å². The summed E-state index contributed by atoms with van der Waals surface area (Å²) in [6.07, 6.45) is 0. The number of hydrogen-bond donors (Lipinski definition) is 1. The van der Waals surface area contributed by atoms with Crippen LogP contribution >= 0.6 is 23.1 Å². The highest BCUT2D eigenvalue weighted by molar-refractivity contribution is 8.00. The molecular weight excluding hydrogens is 416 g/mol. The van der Waals surface area contributed by atoms with Gasteiger partial charge in [-0.15, -0.1) is 11.3 Å². The predicted molar refractivity (Wildman–Crippen MR) is 122 cm³/mol. The normalized spacial score (nSPS) is 13.4. The van der Waals surface area contributed by atoms with Gasteiger partial charge in [-0.1, -0.05) is 36.0 Å². The molecule has 4 aromatic rings. The Morgan fingerprint density at radius 3 is 2.67 bits per heavy atom. The summed E-state index contributed by atoms with van der Waals surface area (Å²) in [5.41, 5.74) is 2.92. The molecule has 1 N–H and O–H groups in total. The molecule has 152 valence electrons. The van der Waals surface area contributed by atoms with Gasteiger partial charge in [0.05, 0.1) is 33.1 Å². The number of nitrogens with zero attached hydrogens (tertiary/aromatic N) is 4. The number of aromatic nitrogens is 3. The maximum absolute atomic E-state index is 10.9. The van der Waals surface area contributed by atoms with Gasteiger partial charge in [-0.25, -0.2) is 9.97 Å². The maximum atomic E-state index is 10.9. The second kappa shape index (κ2) is 8.88. The van der Waals surface area contributed by atoms with E-state index in [1.165, 1.54) is 23.1 Å². The third-order valence-corrected chi connectivity index (χ3v) is 6.83. The summed E-state index contributed by atoms with van der Waals surface area (Å²) in [5, 5.41) is 21.6. The fourth-order valence-electron chi connectivity index (χ4n) is 3.15. The summed E-state index contributed by atoms with van der Waals surface area (Å²) in [4.78, 5) is 9.24. The van der Waals surface area contributed by atoms with Gasteiger partial charge in [0.25, 0.3) is 0 Å². The van der Waals surface area contributed by atoms with Crippen molar-refractivity contribution in [2.24, 2.45) is 0 Å². The van der Waals surface area contributed by atoms with Gasteiger partial charge in [0.2, 0.25) is 0 Å². The fourth-order valence-corrected chi connectivity index (χ4v) is 5.14. The molecule has 0 bridgehead atoms. The van der Waals surface area contributed by atoms with Crippen LogP contribution in [0.4, 0.5) is 0 Å². The predicted octanol–water partition coefficient (Wildman–Crippen LogP) is 5.27. The number of rotatable bonds is 7. The molecule has 0 amide bonds. The van der Waals surface area contributed by atoms with Crippen molar-refractivity contribution in [3.05, 3.63) is 59.3 Å². The van der Waals surface area contributed by atoms with E-state index in [0.29, 0.717) is 18.2 Å². The number of thioether (sulfide) groups is 1. The average Bonchev–Trinajstić information content (AvgIpc) is 3.33. The van der Waals surface area contributed by atoms with Gasteiger partial charge in [0.1, 0.15) is 22.4 Å². The number of para-hydroxylation sites is 3. The molecule has 0 saturated carbocycles. The third-order valence-electron chi connectivity index (χ3n) is 4.68. The SMILES string of the molecule is COCCn1c(S[C@H](C)C(O)=C(C#N)c2nc3ccccc3s2)nc2ccccc21. The summed E-state index contributed by atoms with van der Waals surface area (Å²) in [6.45, 7) is 3.07. The zero-order chi connectivity index (χ0) is 21.1. The van der Waals surface area contributed by atoms with Gasteiger partial charge in [-0.3, -0.25) is 0 Å². The lowest BCUT2D eigenvalue weighted by molar-refractivity contribution is 0.186. The average molecular weight is 437 g/mol. The largest absolute Gasteiger partial charge is 0.510 e. The molecule has 2 aromatic carbocycles. The second-order valence-corrected chi connectivity index (χ2v) is 8.99. The molecule has 6 nitrogen and oxygen atoms in total. The number of aliphatic hydroxyl groups is 1. The number of allylic oxidation sites excluding steroid dienone is 1. The van der Waals surface area contributed by atoms with Crippen LogP contribution in [0.25, 0.3) is 26.8 Å². The molecule has 8 heteroatoms. The Hall–Kier alpha value is -2.86. The standard InChI is InChI=1S/C22H20N4O2S2/c1-14(20(27)15(13-23)21-24-17-8-4-6-10-19(17)30-21)29-22-25-16-7-3-5-9-18(16)26(22)11-12-28-2/h3-10,14,27H,11-12H2,1-2H3/t14-/m1/s1. The Morgan fingerprint density at radius 2 is 1.93 bits per heavy atom. The van der Waals surface area contributed by atoms with Crippen molar-refractivity contribution in [2.75, 3.05) is 13.7 Å². The van der Waals surface area contributed by atoms with Gasteiger partial charge in [0, 0.05) is 13.7 Å². The number of ether oxygens (including phenoxy) is 1. The lowest BCUT2D eigenvalue weighted by Gasteiger charge is -2.13. The van der Waals surface area contributed by atoms with Gasteiger partial charge >= 0.3 is 0 Å². The Labute approximate surface area is 182 Å². The highest BCUT2D eigenvalue weighted by atomic mass is 32.2. The molecule has 1 atom stereocenters. The van der Waals surface area contributed by atoms with Crippen LogP contribution < -0.4 is 0 Å². The number of thiazole rings is 1. The highest BCUT2D eigenvalue weighted by Crippen LogP contribution is 2.34. The van der Waals surface area contributed by atoms with Gasteiger partial charge in [-0.2, -0.15) is 5.26 Å². The van der Waals surface area contributed by atoms with E-state index in [4.69, 9.17) is 9.72 Å². The number of benzene rings is 2. The molecule has 2 aromatic heterocycles. The lowest BCUT2D eigenvalue weighted by Crippen LogP contribution is -2.09. The molecule has 0 aliphatic carbocycles. The Morgan fingerprint density at radius 1 is 1.20 bits per heavy atom. The minimum atomic E-state index is -0.371. The zero-order valence-electron chi connectivity index (χ0n) is 16.6.